The third kappa shape index (κ3) is 9.06. The van der Waals surface area contributed by atoms with Gasteiger partial charge in [-0.25, -0.2) is 4.79 Å². The molecule has 0 heterocycles. The van der Waals surface area contributed by atoms with Gasteiger partial charge < -0.3 is 25.4 Å². The molecule has 2 aromatic rings. The molecule has 0 fully saturated rings. The first-order valence-electron chi connectivity index (χ1n) is 13.0. The first-order chi connectivity index (χ1) is 18.0. The van der Waals surface area contributed by atoms with Gasteiger partial charge in [0.2, 0.25) is 11.8 Å². The minimum Gasteiger partial charge on any atom is -0.508 e. The van der Waals surface area contributed by atoms with Crippen LogP contribution in [0.3, 0.4) is 0 Å². The highest BCUT2D eigenvalue weighted by Gasteiger charge is 2.42. The lowest BCUT2D eigenvalue weighted by atomic mass is 9.91. The maximum Gasteiger partial charge on any atom is 0.408 e. The Morgan fingerprint density at radius 1 is 0.974 bits per heavy atom. The maximum atomic E-state index is 14.4. The summed E-state index contributed by atoms with van der Waals surface area (Å²) in [5.41, 5.74) is 0.0374. The summed E-state index contributed by atoms with van der Waals surface area (Å²) in [7, 11) is 0. The van der Waals surface area contributed by atoms with Crippen molar-refractivity contribution in [1.82, 2.24) is 15.5 Å². The van der Waals surface area contributed by atoms with Crippen LogP contribution >= 0.6 is 0 Å². The summed E-state index contributed by atoms with van der Waals surface area (Å²) in [6.45, 7) is 14.3. The zero-order valence-corrected chi connectivity index (χ0v) is 24.2. The number of nitrogens with zero attached hydrogens (tertiary/aromatic N) is 1. The summed E-state index contributed by atoms with van der Waals surface area (Å²) in [6, 6.07) is 11.0. The highest BCUT2D eigenvalue weighted by molar-refractivity contribution is 5.93. The molecule has 39 heavy (non-hydrogen) atoms. The van der Waals surface area contributed by atoms with Crippen LogP contribution < -0.4 is 10.6 Å². The predicted octanol–water partition coefficient (Wildman–Crippen LogP) is 4.70. The Labute approximate surface area is 232 Å². The van der Waals surface area contributed by atoms with Gasteiger partial charge in [-0.15, -0.1) is 6.42 Å². The Kier molecular flexibility index (Phi) is 10.2. The van der Waals surface area contributed by atoms with Crippen molar-refractivity contribution < 1.29 is 24.2 Å². The summed E-state index contributed by atoms with van der Waals surface area (Å²) in [6.07, 6.45) is 5.13. The van der Waals surface area contributed by atoms with Crippen LogP contribution in [0.5, 0.6) is 5.75 Å². The molecule has 0 saturated carbocycles. The normalized spacial score (nSPS) is 13.1. The minimum atomic E-state index is -1.09. The zero-order chi connectivity index (χ0) is 29.5. The van der Waals surface area contributed by atoms with Crippen molar-refractivity contribution in [2.75, 3.05) is 0 Å². The van der Waals surface area contributed by atoms with Crippen LogP contribution in [0.15, 0.2) is 48.5 Å². The predicted molar refractivity (Wildman–Crippen MR) is 152 cm³/mol. The van der Waals surface area contributed by atoms with Crippen LogP contribution in [0.1, 0.15) is 78.1 Å². The van der Waals surface area contributed by atoms with Crippen LogP contribution in [0, 0.1) is 12.3 Å². The van der Waals surface area contributed by atoms with E-state index in [4.69, 9.17) is 11.2 Å². The smallest absolute Gasteiger partial charge is 0.408 e. The quantitative estimate of drug-likeness (QED) is 0.425. The van der Waals surface area contributed by atoms with Gasteiger partial charge in [0, 0.05) is 23.6 Å². The number of amides is 3. The summed E-state index contributed by atoms with van der Waals surface area (Å²) >= 11 is 0. The molecule has 0 spiro atoms. The molecule has 2 rings (SSSR count). The molecule has 2 unspecified atom stereocenters. The molecular weight excluding hydrogens is 494 g/mol. The van der Waals surface area contributed by atoms with E-state index in [0.717, 1.165) is 0 Å². The van der Waals surface area contributed by atoms with Crippen molar-refractivity contribution >= 4 is 17.9 Å². The fourth-order valence-corrected chi connectivity index (χ4v) is 4.16. The first kappa shape index (κ1) is 31.2. The van der Waals surface area contributed by atoms with Crippen molar-refractivity contribution in [3.8, 4) is 18.1 Å². The number of terminal acetylenes is 1. The molecule has 2 atom stereocenters. The van der Waals surface area contributed by atoms with Crippen molar-refractivity contribution in [1.29, 1.82) is 0 Å². The third-order valence-corrected chi connectivity index (χ3v) is 5.67. The van der Waals surface area contributed by atoms with Gasteiger partial charge in [-0.2, -0.15) is 0 Å². The maximum absolute atomic E-state index is 14.4. The molecule has 2 aromatic carbocycles. The topological polar surface area (TPSA) is 108 Å². The largest absolute Gasteiger partial charge is 0.508 e. The molecule has 0 bridgehead atoms. The van der Waals surface area contributed by atoms with Gasteiger partial charge in [-0.05, 0) is 84.7 Å². The fourth-order valence-electron chi connectivity index (χ4n) is 4.16. The number of phenolic OH excluding ortho intramolecular Hbond substituents is 1. The van der Waals surface area contributed by atoms with Crippen molar-refractivity contribution in [3.63, 3.8) is 0 Å². The van der Waals surface area contributed by atoms with Gasteiger partial charge in [-0.3, -0.25) is 9.59 Å². The molecule has 0 radical (unpaired) electrons. The number of nitrogens with one attached hydrogen (secondary N) is 2. The van der Waals surface area contributed by atoms with E-state index >= 15 is 0 Å². The summed E-state index contributed by atoms with van der Waals surface area (Å²) < 4.78 is 5.46. The number of rotatable bonds is 8. The number of hydrogen-bond acceptors (Lipinski definition) is 5. The van der Waals surface area contributed by atoms with Gasteiger partial charge in [-0.1, -0.05) is 36.3 Å². The summed E-state index contributed by atoms with van der Waals surface area (Å²) in [5, 5.41) is 15.4. The molecule has 0 aliphatic carbocycles. The molecule has 0 aliphatic rings. The highest BCUT2D eigenvalue weighted by atomic mass is 16.6. The monoisotopic (exact) mass is 535 g/mol. The fraction of sp³-hybridized carbons (Fsp3) is 0.452. The van der Waals surface area contributed by atoms with Crippen LogP contribution in [-0.2, 0) is 20.7 Å². The minimum absolute atomic E-state index is 0.0781. The van der Waals surface area contributed by atoms with Crippen molar-refractivity contribution in [3.05, 3.63) is 65.2 Å². The lowest BCUT2D eigenvalue weighted by molar-refractivity contribution is -0.148. The standard InChI is InChI=1S/C31H41N3O5/c1-10-22-13-11-12-14-24(22)26(27(36)32-20(2)3)34(30(4,5)6)28(37)25(33-29(38)39-31(7,8)9)19-21-15-17-23(35)18-16-21/h1,11-18,20,25-26,35H,19H2,2-9H3,(H,32,36)(H,33,38). The number of aromatic hydroxyl groups is 1. The number of ether oxygens (including phenoxy) is 1. The Bertz CT molecular complexity index is 1200. The molecule has 0 aromatic heterocycles. The first-order valence-corrected chi connectivity index (χ1v) is 13.0. The second-order valence-electron chi connectivity index (χ2n) is 11.7. The van der Waals surface area contributed by atoms with E-state index in [0.29, 0.717) is 16.7 Å². The van der Waals surface area contributed by atoms with Gasteiger partial charge in [0.05, 0.1) is 0 Å². The molecule has 8 nitrogen and oxygen atoms in total. The lowest BCUT2D eigenvalue weighted by Gasteiger charge is -2.43. The highest BCUT2D eigenvalue weighted by Crippen LogP contribution is 2.32. The lowest BCUT2D eigenvalue weighted by Crippen LogP contribution is -2.59. The Morgan fingerprint density at radius 2 is 1.56 bits per heavy atom. The van der Waals surface area contributed by atoms with Gasteiger partial charge in [0.15, 0.2) is 0 Å². The van der Waals surface area contributed by atoms with Crippen LogP contribution in [0.4, 0.5) is 4.79 Å². The van der Waals surface area contributed by atoms with Crippen LogP contribution in [0.2, 0.25) is 0 Å². The second kappa shape index (κ2) is 12.7. The van der Waals surface area contributed by atoms with Crippen LogP contribution in [0.25, 0.3) is 0 Å². The third-order valence-electron chi connectivity index (χ3n) is 5.67. The van der Waals surface area contributed by atoms with E-state index < -0.39 is 41.1 Å². The van der Waals surface area contributed by atoms with E-state index in [1.807, 2.05) is 34.6 Å². The van der Waals surface area contributed by atoms with E-state index in [1.54, 1.807) is 57.2 Å². The van der Waals surface area contributed by atoms with Gasteiger partial charge in [0.1, 0.15) is 23.4 Å². The molecule has 0 aliphatic heterocycles. The Balaban J connectivity index is 2.67. The average molecular weight is 536 g/mol. The van der Waals surface area contributed by atoms with E-state index in [1.165, 1.54) is 17.0 Å². The summed E-state index contributed by atoms with van der Waals surface area (Å²) in [4.78, 5) is 42.5. The van der Waals surface area contributed by atoms with E-state index in [2.05, 4.69) is 16.6 Å². The van der Waals surface area contributed by atoms with Crippen molar-refractivity contribution in [2.45, 2.75) is 91.1 Å². The number of carbonyl (C=O) groups excluding carboxylic acids is 3. The van der Waals surface area contributed by atoms with Gasteiger partial charge >= 0.3 is 6.09 Å². The number of carbonyl (C=O) groups is 3. The molecule has 3 amide bonds. The average Bonchev–Trinajstić information content (AvgIpc) is 2.80. The number of phenols is 1. The SMILES string of the molecule is C#Cc1ccccc1C(C(=O)NC(C)C)N(C(=O)C(Cc1ccc(O)cc1)NC(=O)OC(C)(C)C)C(C)(C)C. The zero-order valence-electron chi connectivity index (χ0n) is 24.2. The molecule has 0 saturated heterocycles. The van der Waals surface area contributed by atoms with Crippen LogP contribution in [-0.4, -0.2) is 51.1 Å². The van der Waals surface area contributed by atoms with Gasteiger partial charge in [0.25, 0.3) is 0 Å². The van der Waals surface area contributed by atoms with E-state index in [9.17, 15) is 19.5 Å². The van der Waals surface area contributed by atoms with Crippen molar-refractivity contribution in [2.24, 2.45) is 0 Å². The molecule has 3 N–H and O–H groups in total. The number of benzene rings is 2. The second-order valence-corrected chi connectivity index (χ2v) is 11.7. The summed E-state index contributed by atoms with van der Waals surface area (Å²) in [5.74, 6) is 1.83. The number of alkyl carbamates (subject to hydrolysis) is 1. The molecule has 8 heteroatoms. The molecule has 210 valence electrons. The number of hydrogen-bond donors (Lipinski definition) is 3. The Hall–Kier alpha value is -3.99. The Morgan fingerprint density at radius 3 is 2.08 bits per heavy atom. The molecular formula is C31H41N3O5. The van der Waals surface area contributed by atoms with E-state index in [-0.39, 0.29) is 18.2 Å².